The van der Waals surface area contributed by atoms with Gasteiger partial charge in [-0.15, -0.1) is 11.8 Å². The second-order valence-electron chi connectivity index (χ2n) is 6.05. The Morgan fingerprint density at radius 2 is 1.77 bits per heavy atom. The average molecular weight is 362 g/mol. The lowest BCUT2D eigenvalue weighted by atomic mass is 10.0. The van der Waals surface area contributed by atoms with E-state index in [9.17, 15) is 10.1 Å². The molecule has 3 aromatic rings. The highest BCUT2D eigenvalue weighted by molar-refractivity contribution is 7.98. The lowest BCUT2D eigenvalue weighted by Gasteiger charge is -2.15. The Labute approximate surface area is 156 Å². The van der Waals surface area contributed by atoms with Gasteiger partial charge in [-0.25, -0.2) is 4.98 Å². The Balaban J connectivity index is 2.32. The number of nitrogens with zero attached hydrogens (tertiary/aromatic N) is 4. The van der Waals surface area contributed by atoms with Crippen LogP contribution in [0.2, 0.25) is 0 Å². The van der Waals surface area contributed by atoms with E-state index >= 15 is 0 Å². The van der Waals surface area contributed by atoms with Crippen LogP contribution < -0.4 is 5.56 Å². The molecule has 0 fully saturated rings. The zero-order valence-electron chi connectivity index (χ0n) is 14.8. The van der Waals surface area contributed by atoms with E-state index in [2.05, 4.69) is 23.8 Å². The van der Waals surface area contributed by atoms with Crippen LogP contribution in [0.5, 0.6) is 0 Å². The Kier molecular flexibility index (Phi) is 5.19. The summed E-state index contributed by atoms with van der Waals surface area (Å²) in [7, 11) is 0. The second-order valence-corrected chi connectivity index (χ2v) is 6.85. The van der Waals surface area contributed by atoms with Crippen LogP contribution in [0.4, 0.5) is 0 Å². The molecule has 0 saturated carbocycles. The third-order valence-electron chi connectivity index (χ3n) is 4.11. The second kappa shape index (κ2) is 7.54. The molecule has 0 amide bonds. The molecular weight excluding hydrogens is 344 g/mol. The van der Waals surface area contributed by atoms with Crippen molar-refractivity contribution in [1.82, 2.24) is 14.5 Å². The van der Waals surface area contributed by atoms with Gasteiger partial charge in [-0.05, 0) is 42.0 Å². The van der Waals surface area contributed by atoms with Crippen LogP contribution in [0, 0.1) is 11.3 Å². The molecule has 0 saturated heterocycles. The molecule has 0 aliphatic rings. The van der Waals surface area contributed by atoms with Crippen LogP contribution >= 0.6 is 11.8 Å². The molecule has 0 aliphatic heterocycles. The van der Waals surface area contributed by atoms with E-state index in [0.717, 1.165) is 5.56 Å². The van der Waals surface area contributed by atoms with Crippen molar-refractivity contribution in [1.29, 1.82) is 5.26 Å². The van der Waals surface area contributed by atoms with E-state index in [1.807, 2.05) is 30.3 Å². The maximum absolute atomic E-state index is 13.1. The van der Waals surface area contributed by atoms with E-state index in [1.165, 1.54) is 21.9 Å². The summed E-state index contributed by atoms with van der Waals surface area (Å²) in [6.07, 6.45) is 5.12. The number of pyridine rings is 1. The molecule has 3 rings (SSSR count). The normalized spacial score (nSPS) is 10.7. The van der Waals surface area contributed by atoms with Crippen molar-refractivity contribution in [2.45, 2.75) is 24.8 Å². The molecule has 5 nitrogen and oxygen atoms in total. The van der Waals surface area contributed by atoms with Gasteiger partial charge in [-0.1, -0.05) is 26.0 Å². The van der Waals surface area contributed by atoms with Gasteiger partial charge in [0.1, 0.15) is 22.5 Å². The van der Waals surface area contributed by atoms with E-state index in [4.69, 9.17) is 0 Å². The topological polar surface area (TPSA) is 71.6 Å². The van der Waals surface area contributed by atoms with Crippen molar-refractivity contribution < 1.29 is 0 Å². The Morgan fingerprint density at radius 3 is 2.31 bits per heavy atom. The van der Waals surface area contributed by atoms with E-state index in [-0.39, 0.29) is 11.1 Å². The minimum absolute atomic E-state index is 0.0586. The fourth-order valence-electron chi connectivity index (χ4n) is 2.69. The van der Waals surface area contributed by atoms with Gasteiger partial charge in [-0.2, -0.15) is 5.26 Å². The van der Waals surface area contributed by atoms with Crippen LogP contribution in [0.25, 0.3) is 17.1 Å². The van der Waals surface area contributed by atoms with E-state index < -0.39 is 0 Å². The summed E-state index contributed by atoms with van der Waals surface area (Å²) in [6, 6.07) is 13.4. The summed E-state index contributed by atoms with van der Waals surface area (Å²) >= 11 is 1.29. The quantitative estimate of drug-likeness (QED) is 0.518. The van der Waals surface area contributed by atoms with Gasteiger partial charge in [0.25, 0.3) is 5.56 Å². The van der Waals surface area contributed by atoms with Crippen LogP contribution in [0.3, 0.4) is 0 Å². The molecule has 2 aromatic heterocycles. The van der Waals surface area contributed by atoms with Crippen molar-refractivity contribution in [3.8, 4) is 23.1 Å². The van der Waals surface area contributed by atoms with Gasteiger partial charge < -0.3 is 0 Å². The highest BCUT2D eigenvalue weighted by Crippen LogP contribution is 2.24. The van der Waals surface area contributed by atoms with Gasteiger partial charge in [0, 0.05) is 18.0 Å². The molecule has 0 bridgehead atoms. The summed E-state index contributed by atoms with van der Waals surface area (Å²) in [5.74, 6) is 0.894. The van der Waals surface area contributed by atoms with Gasteiger partial charge in [0.2, 0.25) is 0 Å². The van der Waals surface area contributed by atoms with E-state index in [1.54, 1.807) is 30.8 Å². The summed E-state index contributed by atoms with van der Waals surface area (Å²) in [6.45, 7) is 4.23. The number of rotatable bonds is 4. The zero-order chi connectivity index (χ0) is 18.7. The van der Waals surface area contributed by atoms with Crippen molar-refractivity contribution in [2.75, 3.05) is 6.26 Å². The molecule has 130 valence electrons. The summed E-state index contributed by atoms with van der Waals surface area (Å²) < 4.78 is 1.50. The SMILES string of the molecule is CSc1nc(-c2ccncc2)n(-c2ccc(C(C)C)cc2)c(=O)c1C#N. The molecule has 26 heavy (non-hydrogen) atoms. The Morgan fingerprint density at radius 1 is 1.12 bits per heavy atom. The van der Waals surface area contributed by atoms with Crippen LogP contribution in [-0.2, 0) is 0 Å². The highest BCUT2D eigenvalue weighted by Gasteiger charge is 2.18. The highest BCUT2D eigenvalue weighted by atomic mass is 32.2. The number of hydrogen-bond acceptors (Lipinski definition) is 5. The number of thioether (sulfide) groups is 1. The standard InChI is InChI=1S/C20H18N4OS/c1-13(2)14-4-6-16(7-5-14)24-18(15-8-10-22-11-9-15)23-19(26-3)17(12-21)20(24)25/h4-11,13H,1-3H3. The lowest BCUT2D eigenvalue weighted by molar-refractivity contribution is 0.859. The molecule has 0 unspecified atom stereocenters. The minimum atomic E-state index is -0.365. The molecule has 0 N–H and O–H groups in total. The van der Waals surface area contributed by atoms with Crippen LogP contribution in [0.1, 0.15) is 30.9 Å². The molecule has 1 aromatic carbocycles. The molecule has 6 heteroatoms. The molecule has 2 heterocycles. The first-order valence-corrected chi connectivity index (χ1v) is 9.41. The predicted molar refractivity (Wildman–Crippen MR) is 104 cm³/mol. The predicted octanol–water partition coefficient (Wildman–Crippen LogP) is 4.01. The molecule has 0 radical (unpaired) electrons. The minimum Gasteiger partial charge on any atom is -0.267 e. The monoisotopic (exact) mass is 362 g/mol. The fourth-order valence-corrected chi connectivity index (χ4v) is 3.20. The Bertz CT molecular complexity index is 1020. The number of nitriles is 1. The van der Waals surface area contributed by atoms with Gasteiger partial charge in [0.15, 0.2) is 0 Å². The summed E-state index contributed by atoms with van der Waals surface area (Å²) in [4.78, 5) is 21.7. The smallest absolute Gasteiger partial charge is 0.267 e. The third-order valence-corrected chi connectivity index (χ3v) is 4.79. The van der Waals surface area contributed by atoms with Crippen LogP contribution in [-0.4, -0.2) is 20.8 Å². The molecular formula is C20H18N4OS. The molecule has 0 atom stereocenters. The molecule has 0 aliphatic carbocycles. The first-order valence-electron chi connectivity index (χ1n) is 8.18. The van der Waals surface area contributed by atoms with Crippen molar-refractivity contribution in [2.24, 2.45) is 0 Å². The third kappa shape index (κ3) is 3.26. The van der Waals surface area contributed by atoms with Crippen molar-refractivity contribution in [3.05, 3.63) is 70.3 Å². The van der Waals surface area contributed by atoms with Gasteiger partial charge in [-0.3, -0.25) is 14.3 Å². The van der Waals surface area contributed by atoms with E-state index in [0.29, 0.717) is 22.5 Å². The summed E-state index contributed by atoms with van der Waals surface area (Å²) in [5.41, 5.74) is 2.33. The van der Waals surface area contributed by atoms with Crippen molar-refractivity contribution in [3.63, 3.8) is 0 Å². The number of hydrogen-bond donors (Lipinski definition) is 0. The molecule has 0 spiro atoms. The summed E-state index contributed by atoms with van der Waals surface area (Å²) in [5, 5.41) is 9.88. The lowest BCUT2D eigenvalue weighted by Crippen LogP contribution is -2.25. The first kappa shape index (κ1) is 17.9. The first-order chi connectivity index (χ1) is 12.6. The van der Waals surface area contributed by atoms with Gasteiger partial charge >= 0.3 is 0 Å². The zero-order valence-corrected chi connectivity index (χ0v) is 15.6. The van der Waals surface area contributed by atoms with Crippen molar-refractivity contribution >= 4 is 11.8 Å². The fraction of sp³-hybridized carbons (Fsp3) is 0.200. The number of aromatic nitrogens is 3. The van der Waals surface area contributed by atoms with Crippen LogP contribution in [0.15, 0.2) is 58.6 Å². The maximum atomic E-state index is 13.1. The number of benzene rings is 1. The Hall–Kier alpha value is -2.91. The largest absolute Gasteiger partial charge is 0.277 e. The average Bonchev–Trinajstić information content (AvgIpc) is 2.68. The maximum Gasteiger partial charge on any atom is 0.277 e. The van der Waals surface area contributed by atoms with Gasteiger partial charge in [0.05, 0.1) is 5.69 Å².